The van der Waals surface area contributed by atoms with E-state index < -0.39 is 16.6 Å². The zero-order valence-corrected chi connectivity index (χ0v) is 19.8. The summed E-state index contributed by atoms with van der Waals surface area (Å²) in [6, 6.07) is 6.40. The maximum absolute atomic E-state index is 6.65. The van der Waals surface area contributed by atoms with Gasteiger partial charge in [0.15, 0.2) is 8.32 Å². The molecule has 1 atom stereocenters. The van der Waals surface area contributed by atoms with Gasteiger partial charge in [0.05, 0.1) is 6.10 Å². The van der Waals surface area contributed by atoms with Gasteiger partial charge in [-0.15, -0.1) is 0 Å². The lowest BCUT2D eigenvalue weighted by Gasteiger charge is -2.38. The van der Waals surface area contributed by atoms with Crippen LogP contribution in [0.25, 0.3) is 6.08 Å². The standard InChI is InChI=1S/C21H36O2Si2/c1-20(2,3)24(7,8)22-18-13-11-12-16-17(18)14-15-19(16)23-25(9,10)21(4,5)6/h11-15,19H,1-10H3. The second-order valence-electron chi connectivity index (χ2n) is 10.3. The molecule has 1 aromatic carbocycles. The predicted molar refractivity (Wildman–Crippen MR) is 114 cm³/mol. The van der Waals surface area contributed by atoms with Crippen molar-refractivity contribution in [3.63, 3.8) is 0 Å². The van der Waals surface area contributed by atoms with E-state index in [1.807, 2.05) is 0 Å². The summed E-state index contributed by atoms with van der Waals surface area (Å²) in [6.07, 6.45) is 4.44. The van der Waals surface area contributed by atoms with Gasteiger partial charge in [0, 0.05) is 5.56 Å². The average Bonchev–Trinajstić information content (AvgIpc) is 2.79. The first-order valence-electron chi connectivity index (χ1n) is 9.34. The van der Waals surface area contributed by atoms with Crippen LogP contribution in [0.3, 0.4) is 0 Å². The van der Waals surface area contributed by atoms with Crippen molar-refractivity contribution in [2.75, 3.05) is 0 Å². The summed E-state index contributed by atoms with van der Waals surface area (Å²) in [5, 5.41) is 0.397. The molecule has 140 valence electrons. The molecule has 1 aliphatic rings. The fourth-order valence-electron chi connectivity index (χ4n) is 2.39. The highest BCUT2D eigenvalue weighted by atomic mass is 28.4. The maximum atomic E-state index is 6.65. The second kappa shape index (κ2) is 6.40. The zero-order chi connectivity index (χ0) is 19.3. The minimum atomic E-state index is -1.85. The average molecular weight is 377 g/mol. The van der Waals surface area contributed by atoms with Crippen LogP contribution >= 0.6 is 0 Å². The highest BCUT2D eigenvalue weighted by Crippen LogP contribution is 2.45. The molecule has 0 N–H and O–H groups in total. The molecule has 0 aliphatic heterocycles. The molecule has 0 saturated heterocycles. The Morgan fingerprint density at radius 2 is 1.40 bits per heavy atom. The minimum Gasteiger partial charge on any atom is -0.543 e. The van der Waals surface area contributed by atoms with E-state index in [4.69, 9.17) is 8.85 Å². The number of fused-ring (bicyclic) bond motifs is 1. The summed E-state index contributed by atoms with van der Waals surface area (Å²) in [6.45, 7) is 22.9. The van der Waals surface area contributed by atoms with Crippen molar-refractivity contribution in [3.05, 3.63) is 35.4 Å². The van der Waals surface area contributed by atoms with Gasteiger partial charge in [-0.3, -0.25) is 0 Å². The number of benzene rings is 1. The topological polar surface area (TPSA) is 18.5 Å². The molecule has 2 nitrogen and oxygen atoms in total. The molecule has 4 heteroatoms. The molecule has 0 saturated carbocycles. The van der Waals surface area contributed by atoms with Gasteiger partial charge in [-0.25, -0.2) is 0 Å². The molecule has 2 rings (SSSR count). The van der Waals surface area contributed by atoms with Gasteiger partial charge >= 0.3 is 0 Å². The molecule has 0 spiro atoms. The molecular weight excluding hydrogens is 340 g/mol. The van der Waals surface area contributed by atoms with Gasteiger partial charge in [0.2, 0.25) is 0 Å². The van der Waals surface area contributed by atoms with E-state index in [-0.39, 0.29) is 16.2 Å². The Morgan fingerprint density at radius 3 is 1.92 bits per heavy atom. The summed E-state index contributed by atoms with van der Waals surface area (Å²) in [4.78, 5) is 0. The van der Waals surface area contributed by atoms with Gasteiger partial charge < -0.3 is 8.85 Å². The van der Waals surface area contributed by atoms with Crippen LogP contribution < -0.4 is 4.43 Å². The molecule has 0 radical (unpaired) electrons. The van der Waals surface area contributed by atoms with E-state index in [0.717, 1.165) is 5.75 Å². The minimum absolute atomic E-state index is 0.0545. The van der Waals surface area contributed by atoms with E-state index in [1.54, 1.807) is 0 Å². The Morgan fingerprint density at radius 1 is 0.840 bits per heavy atom. The molecule has 1 unspecified atom stereocenters. The highest BCUT2D eigenvalue weighted by Gasteiger charge is 2.41. The van der Waals surface area contributed by atoms with Crippen molar-refractivity contribution in [3.8, 4) is 5.75 Å². The second-order valence-corrected chi connectivity index (χ2v) is 19.8. The quantitative estimate of drug-likeness (QED) is 0.519. The Balaban J connectivity index is 2.30. The summed E-state index contributed by atoms with van der Waals surface area (Å²) in [7, 11) is -3.67. The molecule has 0 heterocycles. The van der Waals surface area contributed by atoms with Crippen molar-refractivity contribution in [2.45, 2.75) is 83.9 Å². The predicted octanol–water partition coefficient (Wildman–Crippen LogP) is 7.16. The van der Waals surface area contributed by atoms with Gasteiger partial charge in [0.25, 0.3) is 8.32 Å². The van der Waals surface area contributed by atoms with E-state index in [0.29, 0.717) is 0 Å². The third-order valence-electron chi connectivity index (χ3n) is 6.24. The third kappa shape index (κ3) is 4.12. The first-order chi connectivity index (χ1) is 11.2. The molecule has 1 aliphatic carbocycles. The largest absolute Gasteiger partial charge is 0.543 e. The first-order valence-corrected chi connectivity index (χ1v) is 15.2. The molecule has 0 bridgehead atoms. The van der Waals surface area contributed by atoms with E-state index in [2.05, 4.69) is 98.1 Å². The highest BCUT2D eigenvalue weighted by molar-refractivity contribution is 6.75. The van der Waals surface area contributed by atoms with Crippen molar-refractivity contribution < 1.29 is 8.85 Å². The first kappa shape index (κ1) is 20.5. The van der Waals surface area contributed by atoms with Crippen LogP contribution in [0.2, 0.25) is 36.3 Å². The zero-order valence-electron chi connectivity index (χ0n) is 17.8. The third-order valence-corrected chi connectivity index (χ3v) is 15.0. The van der Waals surface area contributed by atoms with Gasteiger partial charge in [-0.2, -0.15) is 0 Å². The number of rotatable bonds is 4. The van der Waals surface area contributed by atoms with Gasteiger partial charge in [-0.1, -0.05) is 65.8 Å². The summed E-state index contributed by atoms with van der Waals surface area (Å²) < 4.78 is 13.2. The normalized spacial score (nSPS) is 18.4. The summed E-state index contributed by atoms with van der Waals surface area (Å²) in [5.41, 5.74) is 2.46. The SMILES string of the molecule is CC(C)(C)[Si](C)(C)Oc1cccc2c1C=CC2O[Si](C)(C)C(C)(C)C. The molecule has 0 aromatic heterocycles. The molecule has 25 heavy (non-hydrogen) atoms. The van der Waals surface area contributed by atoms with Crippen LogP contribution in [0.4, 0.5) is 0 Å². The monoisotopic (exact) mass is 376 g/mol. The van der Waals surface area contributed by atoms with Crippen LogP contribution in [-0.2, 0) is 4.43 Å². The van der Waals surface area contributed by atoms with E-state index >= 15 is 0 Å². The van der Waals surface area contributed by atoms with Crippen LogP contribution in [0.1, 0.15) is 58.8 Å². The van der Waals surface area contributed by atoms with Crippen molar-refractivity contribution in [1.29, 1.82) is 0 Å². The van der Waals surface area contributed by atoms with E-state index in [9.17, 15) is 0 Å². The summed E-state index contributed by atoms with van der Waals surface area (Å²) in [5.74, 6) is 1.02. The fourth-order valence-corrected chi connectivity index (χ4v) is 4.62. The molecule has 0 amide bonds. The summed E-state index contributed by atoms with van der Waals surface area (Å²) >= 11 is 0. The maximum Gasteiger partial charge on any atom is 0.250 e. The lowest BCUT2D eigenvalue weighted by atomic mass is 10.1. The molecule has 0 fully saturated rings. The number of hydrogen-bond acceptors (Lipinski definition) is 2. The number of hydrogen-bond donors (Lipinski definition) is 0. The molecular formula is C21H36O2Si2. The Bertz CT molecular complexity index is 661. The lowest BCUT2D eigenvalue weighted by Crippen LogP contribution is -2.44. The van der Waals surface area contributed by atoms with Crippen molar-refractivity contribution >= 4 is 22.7 Å². The van der Waals surface area contributed by atoms with Crippen molar-refractivity contribution in [2.24, 2.45) is 0 Å². The molecule has 1 aromatic rings. The Labute approximate surface area is 156 Å². The van der Waals surface area contributed by atoms with Crippen LogP contribution in [-0.4, -0.2) is 16.6 Å². The fraction of sp³-hybridized carbons (Fsp3) is 0.619. The Kier molecular flexibility index (Phi) is 5.24. The van der Waals surface area contributed by atoms with Crippen LogP contribution in [0.15, 0.2) is 24.3 Å². The van der Waals surface area contributed by atoms with Gasteiger partial charge in [0.1, 0.15) is 5.75 Å². The van der Waals surface area contributed by atoms with Gasteiger partial charge in [-0.05, 0) is 47.9 Å². The van der Waals surface area contributed by atoms with Crippen molar-refractivity contribution in [1.82, 2.24) is 0 Å². The smallest absolute Gasteiger partial charge is 0.250 e. The van der Waals surface area contributed by atoms with Crippen LogP contribution in [0, 0.1) is 0 Å². The Hall–Kier alpha value is -0.846. The van der Waals surface area contributed by atoms with Crippen LogP contribution in [0.5, 0.6) is 5.75 Å². The van der Waals surface area contributed by atoms with E-state index in [1.165, 1.54) is 11.1 Å². The lowest BCUT2D eigenvalue weighted by molar-refractivity contribution is 0.232.